The Balaban J connectivity index is 2.53. The first-order chi connectivity index (χ1) is 7.85. The van der Waals surface area contributed by atoms with Gasteiger partial charge in [0.05, 0.1) is 0 Å². The zero-order valence-corrected chi connectivity index (χ0v) is 11.9. The summed E-state index contributed by atoms with van der Waals surface area (Å²) < 4.78 is 6.60. The molecule has 16 heavy (non-hydrogen) atoms. The Hall–Kier alpha value is -0.680. The third kappa shape index (κ3) is 2.52. The zero-order chi connectivity index (χ0) is 11.4. The molecule has 0 fully saturated rings. The summed E-state index contributed by atoms with van der Waals surface area (Å²) in [5.74, 6) is 0.896. The molecule has 0 saturated carbocycles. The maximum atomic E-state index is 5.97. The van der Waals surface area contributed by atoms with E-state index in [1.54, 1.807) is 7.11 Å². The van der Waals surface area contributed by atoms with Gasteiger partial charge in [-0.05, 0) is 0 Å². The van der Waals surface area contributed by atoms with Gasteiger partial charge in [-0.25, -0.2) is 0 Å². The first kappa shape index (κ1) is 11.8. The molecule has 0 radical (unpaired) electrons. The molecule has 2 aromatic carbocycles. The molecule has 0 aliphatic heterocycles. The van der Waals surface area contributed by atoms with Crippen molar-refractivity contribution in [2.45, 2.75) is 0 Å². The number of halogens is 1. The van der Waals surface area contributed by atoms with Gasteiger partial charge in [-0.1, -0.05) is 0 Å². The fourth-order valence-electron chi connectivity index (χ4n) is 1.58. The molecule has 0 unspecified atom stereocenters. The molecule has 0 N–H and O–H groups in total. The Bertz CT molecular complexity index is 471. The Kier molecular flexibility index (Phi) is 4.12. The summed E-state index contributed by atoms with van der Waals surface area (Å²) in [5.41, 5.74) is 2.28. The summed E-state index contributed by atoms with van der Waals surface area (Å²) in [4.78, 5) is 0. The number of hydrogen-bond donors (Lipinski definition) is 0. The van der Waals surface area contributed by atoms with Crippen LogP contribution >= 0.6 is 8.96 Å². The standard InChI is InChI=1S/C13H11ClOTe/c1-15-13-8-7-11(16-14)9-12(13)10-5-3-2-4-6-10/h2-9H,1H3. The minimum atomic E-state index is -0.568. The van der Waals surface area contributed by atoms with Crippen LogP contribution in [0.4, 0.5) is 0 Å². The van der Waals surface area contributed by atoms with Crippen molar-refractivity contribution in [3.05, 3.63) is 48.5 Å². The van der Waals surface area contributed by atoms with Gasteiger partial charge in [0.25, 0.3) is 0 Å². The zero-order valence-electron chi connectivity index (χ0n) is 8.81. The topological polar surface area (TPSA) is 9.23 Å². The van der Waals surface area contributed by atoms with Gasteiger partial charge in [0.2, 0.25) is 0 Å². The summed E-state index contributed by atoms with van der Waals surface area (Å²) >= 11 is -0.568. The van der Waals surface area contributed by atoms with Crippen LogP contribution in [0.5, 0.6) is 5.75 Å². The van der Waals surface area contributed by atoms with E-state index in [4.69, 9.17) is 13.7 Å². The van der Waals surface area contributed by atoms with E-state index in [-0.39, 0.29) is 0 Å². The second kappa shape index (κ2) is 5.59. The van der Waals surface area contributed by atoms with E-state index >= 15 is 0 Å². The van der Waals surface area contributed by atoms with Crippen molar-refractivity contribution in [2.24, 2.45) is 0 Å². The van der Waals surface area contributed by atoms with Crippen molar-refractivity contribution < 1.29 is 4.74 Å². The van der Waals surface area contributed by atoms with Crippen LogP contribution in [-0.2, 0) is 0 Å². The van der Waals surface area contributed by atoms with Crippen LogP contribution in [0.1, 0.15) is 0 Å². The average molecular weight is 346 g/mol. The Morgan fingerprint density at radius 3 is 2.44 bits per heavy atom. The fraction of sp³-hybridized carbons (Fsp3) is 0.0769. The van der Waals surface area contributed by atoms with E-state index in [0.29, 0.717) is 0 Å². The van der Waals surface area contributed by atoms with E-state index in [2.05, 4.69) is 18.2 Å². The third-order valence-corrected chi connectivity index (χ3v) is 4.77. The molecule has 0 heterocycles. The molecule has 0 aliphatic rings. The van der Waals surface area contributed by atoms with Crippen LogP contribution in [-0.4, -0.2) is 26.9 Å². The third-order valence-electron chi connectivity index (χ3n) is 2.34. The van der Waals surface area contributed by atoms with Gasteiger partial charge >= 0.3 is 110 Å². The predicted molar refractivity (Wildman–Crippen MR) is 69.7 cm³/mol. The van der Waals surface area contributed by atoms with Crippen LogP contribution in [0.2, 0.25) is 0 Å². The summed E-state index contributed by atoms with van der Waals surface area (Å²) in [5, 5.41) is 0. The van der Waals surface area contributed by atoms with Crippen molar-refractivity contribution in [3.63, 3.8) is 0 Å². The fourth-order valence-corrected chi connectivity index (χ4v) is 3.03. The van der Waals surface area contributed by atoms with Crippen LogP contribution in [0.3, 0.4) is 0 Å². The van der Waals surface area contributed by atoms with Crippen LogP contribution in [0, 0.1) is 0 Å². The molecule has 0 aromatic heterocycles. The molecular weight excluding hydrogens is 335 g/mol. The Morgan fingerprint density at radius 1 is 1.06 bits per heavy atom. The molecule has 0 atom stereocenters. The van der Waals surface area contributed by atoms with Crippen LogP contribution < -0.4 is 8.35 Å². The summed E-state index contributed by atoms with van der Waals surface area (Å²) in [7, 11) is 7.66. The monoisotopic (exact) mass is 348 g/mol. The molecule has 0 bridgehead atoms. The molecule has 0 amide bonds. The van der Waals surface area contributed by atoms with Gasteiger partial charge < -0.3 is 0 Å². The van der Waals surface area contributed by atoms with Gasteiger partial charge in [0, 0.05) is 0 Å². The molecule has 2 aromatic rings. The van der Waals surface area contributed by atoms with Crippen molar-refractivity contribution in [3.8, 4) is 16.9 Å². The Labute approximate surface area is 109 Å². The van der Waals surface area contributed by atoms with Crippen molar-refractivity contribution >= 4 is 32.4 Å². The first-order valence-electron chi connectivity index (χ1n) is 4.87. The number of benzene rings is 2. The molecule has 0 saturated heterocycles. The molecule has 82 valence electrons. The SMILES string of the molecule is COc1ccc([Te]Cl)cc1-c1ccccc1. The van der Waals surface area contributed by atoms with Gasteiger partial charge in [0.1, 0.15) is 0 Å². The van der Waals surface area contributed by atoms with Crippen molar-refractivity contribution in [2.75, 3.05) is 7.11 Å². The van der Waals surface area contributed by atoms with Gasteiger partial charge in [-0.3, -0.25) is 0 Å². The normalized spacial score (nSPS) is 10.1. The van der Waals surface area contributed by atoms with Crippen molar-refractivity contribution in [1.29, 1.82) is 0 Å². The van der Waals surface area contributed by atoms with Crippen LogP contribution in [0.15, 0.2) is 48.5 Å². The molecule has 0 aliphatic carbocycles. The number of hydrogen-bond acceptors (Lipinski definition) is 1. The molecule has 1 nitrogen and oxygen atoms in total. The molecule has 3 heteroatoms. The quantitative estimate of drug-likeness (QED) is 0.777. The molecular formula is C13H11ClOTe. The van der Waals surface area contributed by atoms with E-state index in [9.17, 15) is 0 Å². The second-order valence-electron chi connectivity index (χ2n) is 3.31. The van der Waals surface area contributed by atoms with E-state index < -0.39 is 19.8 Å². The average Bonchev–Trinajstić information content (AvgIpc) is 2.39. The van der Waals surface area contributed by atoms with E-state index in [1.807, 2.05) is 30.3 Å². The van der Waals surface area contributed by atoms with Crippen molar-refractivity contribution in [1.82, 2.24) is 0 Å². The van der Waals surface area contributed by atoms with E-state index in [0.717, 1.165) is 11.3 Å². The second-order valence-corrected chi connectivity index (χ2v) is 6.13. The van der Waals surface area contributed by atoms with E-state index in [1.165, 1.54) is 9.17 Å². The van der Waals surface area contributed by atoms with Gasteiger partial charge in [-0.15, -0.1) is 0 Å². The number of rotatable bonds is 3. The maximum absolute atomic E-state index is 5.97. The number of methoxy groups -OCH3 is 1. The van der Waals surface area contributed by atoms with Gasteiger partial charge in [-0.2, -0.15) is 0 Å². The molecule has 2 rings (SSSR count). The summed E-state index contributed by atoms with van der Waals surface area (Å²) in [6.45, 7) is 0. The summed E-state index contributed by atoms with van der Waals surface area (Å²) in [6, 6.07) is 16.4. The number of ether oxygens (including phenoxy) is 1. The minimum absolute atomic E-state index is 0.568. The van der Waals surface area contributed by atoms with Crippen LogP contribution in [0.25, 0.3) is 11.1 Å². The predicted octanol–water partition coefficient (Wildman–Crippen LogP) is 2.85. The molecule has 0 spiro atoms. The first-order valence-corrected chi connectivity index (χ1v) is 8.99. The van der Waals surface area contributed by atoms with Gasteiger partial charge in [0.15, 0.2) is 0 Å². The Morgan fingerprint density at radius 2 is 1.81 bits per heavy atom. The summed E-state index contributed by atoms with van der Waals surface area (Å²) in [6.07, 6.45) is 0.